The van der Waals surface area contributed by atoms with Crippen molar-refractivity contribution in [2.45, 2.75) is 58.9 Å². The van der Waals surface area contributed by atoms with E-state index in [1.54, 1.807) is 0 Å². The van der Waals surface area contributed by atoms with Gasteiger partial charge in [0, 0.05) is 18.2 Å². The van der Waals surface area contributed by atoms with Crippen molar-refractivity contribution >= 4 is 5.91 Å². The molecule has 1 aromatic carbocycles. The third-order valence-electron chi connectivity index (χ3n) is 4.31. The van der Waals surface area contributed by atoms with Gasteiger partial charge in [0.1, 0.15) is 0 Å². The lowest BCUT2D eigenvalue weighted by molar-refractivity contribution is 0.0635. The Morgan fingerprint density at radius 1 is 1.22 bits per heavy atom. The van der Waals surface area contributed by atoms with Crippen LogP contribution in [-0.2, 0) is 0 Å². The number of benzene rings is 1. The zero-order chi connectivity index (χ0) is 16.7. The molecule has 0 bridgehead atoms. The van der Waals surface area contributed by atoms with Crippen LogP contribution in [0.5, 0.6) is 11.5 Å². The SMILES string of the molecule is CCCCOc1ccc(C(=O)N2CCCCC2C)cc1OCC. The number of hydrogen-bond donors (Lipinski definition) is 0. The second kappa shape index (κ2) is 8.80. The molecule has 2 rings (SSSR count). The minimum atomic E-state index is 0.0956. The fraction of sp³-hybridized carbons (Fsp3) is 0.632. The Morgan fingerprint density at radius 2 is 2.04 bits per heavy atom. The van der Waals surface area contributed by atoms with Crippen molar-refractivity contribution in [1.82, 2.24) is 4.90 Å². The number of ether oxygens (including phenoxy) is 2. The molecule has 1 aromatic rings. The Morgan fingerprint density at radius 3 is 2.74 bits per heavy atom. The molecule has 1 saturated heterocycles. The third-order valence-corrected chi connectivity index (χ3v) is 4.31. The van der Waals surface area contributed by atoms with Crippen LogP contribution in [0.4, 0.5) is 0 Å². The Hall–Kier alpha value is -1.71. The van der Waals surface area contributed by atoms with Gasteiger partial charge in [0.15, 0.2) is 11.5 Å². The van der Waals surface area contributed by atoms with E-state index in [-0.39, 0.29) is 5.91 Å². The summed E-state index contributed by atoms with van der Waals surface area (Å²) in [6.45, 7) is 8.28. The molecule has 4 nitrogen and oxygen atoms in total. The van der Waals surface area contributed by atoms with E-state index in [1.807, 2.05) is 30.0 Å². The van der Waals surface area contributed by atoms with E-state index in [2.05, 4.69) is 13.8 Å². The van der Waals surface area contributed by atoms with E-state index < -0.39 is 0 Å². The molecule has 23 heavy (non-hydrogen) atoms. The maximum Gasteiger partial charge on any atom is 0.254 e. The smallest absolute Gasteiger partial charge is 0.254 e. The van der Waals surface area contributed by atoms with Crippen LogP contribution in [0.3, 0.4) is 0 Å². The second-order valence-electron chi connectivity index (χ2n) is 6.14. The van der Waals surface area contributed by atoms with E-state index in [4.69, 9.17) is 9.47 Å². The van der Waals surface area contributed by atoms with Gasteiger partial charge < -0.3 is 14.4 Å². The lowest BCUT2D eigenvalue weighted by Gasteiger charge is -2.33. The molecule has 0 aromatic heterocycles. The highest BCUT2D eigenvalue weighted by Gasteiger charge is 2.25. The zero-order valence-electron chi connectivity index (χ0n) is 14.6. The minimum Gasteiger partial charge on any atom is -0.490 e. The standard InChI is InChI=1S/C19H29NO3/c1-4-6-13-23-17-11-10-16(14-18(17)22-5-2)19(21)20-12-8-7-9-15(20)3/h10-11,14-15H,4-9,12-13H2,1-3H3. The summed E-state index contributed by atoms with van der Waals surface area (Å²) in [6.07, 6.45) is 5.49. The van der Waals surface area contributed by atoms with Gasteiger partial charge in [-0.15, -0.1) is 0 Å². The van der Waals surface area contributed by atoms with Crippen molar-refractivity contribution in [1.29, 1.82) is 0 Å². The van der Waals surface area contributed by atoms with Gasteiger partial charge in [0.2, 0.25) is 0 Å². The number of likely N-dealkylation sites (tertiary alicyclic amines) is 1. The lowest BCUT2D eigenvalue weighted by atomic mass is 10.0. The maximum atomic E-state index is 12.8. The second-order valence-corrected chi connectivity index (χ2v) is 6.14. The van der Waals surface area contributed by atoms with Crippen molar-refractivity contribution in [3.63, 3.8) is 0 Å². The fourth-order valence-corrected chi connectivity index (χ4v) is 2.92. The molecule has 0 saturated carbocycles. The largest absolute Gasteiger partial charge is 0.490 e. The highest BCUT2D eigenvalue weighted by molar-refractivity contribution is 5.95. The summed E-state index contributed by atoms with van der Waals surface area (Å²) in [4.78, 5) is 14.7. The van der Waals surface area contributed by atoms with Crippen LogP contribution < -0.4 is 9.47 Å². The first kappa shape index (κ1) is 17.6. The molecular formula is C19H29NO3. The maximum absolute atomic E-state index is 12.8. The highest BCUT2D eigenvalue weighted by atomic mass is 16.5. The molecule has 0 N–H and O–H groups in total. The van der Waals surface area contributed by atoms with E-state index in [9.17, 15) is 4.79 Å². The summed E-state index contributed by atoms with van der Waals surface area (Å²) < 4.78 is 11.5. The van der Waals surface area contributed by atoms with Crippen molar-refractivity contribution in [2.24, 2.45) is 0 Å². The van der Waals surface area contributed by atoms with Crippen LogP contribution in [-0.4, -0.2) is 36.6 Å². The van der Waals surface area contributed by atoms with Gasteiger partial charge in [-0.2, -0.15) is 0 Å². The minimum absolute atomic E-state index is 0.0956. The molecule has 1 amide bonds. The molecule has 1 unspecified atom stereocenters. The summed E-state index contributed by atoms with van der Waals surface area (Å²) >= 11 is 0. The van der Waals surface area contributed by atoms with Crippen LogP contribution in [0.25, 0.3) is 0 Å². The number of amides is 1. The van der Waals surface area contributed by atoms with Gasteiger partial charge in [-0.05, 0) is 57.7 Å². The number of carbonyl (C=O) groups is 1. The van der Waals surface area contributed by atoms with Gasteiger partial charge in [-0.3, -0.25) is 4.79 Å². The monoisotopic (exact) mass is 319 g/mol. The number of nitrogens with zero attached hydrogens (tertiary/aromatic N) is 1. The summed E-state index contributed by atoms with van der Waals surface area (Å²) in [5.41, 5.74) is 0.685. The van der Waals surface area contributed by atoms with Crippen LogP contribution in [0, 0.1) is 0 Å². The van der Waals surface area contributed by atoms with Crippen molar-refractivity contribution < 1.29 is 14.3 Å². The van der Waals surface area contributed by atoms with Crippen LogP contribution >= 0.6 is 0 Å². The average Bonchev–Trinajstić information content (AvgIpc) is 2.56. The number of carbonyl (C=O) groups excluding carboxylic acids is 1. The summed E-state index contributed by atoms with van der Waals surface area (Å²) in [5, 5.41) is 0. The number of hydrogen-bond acceptors (Lipinski definition) is 3. The quantitative estimate of drug-likeness (QED) is 0.704. The molecule has 0 aliphatic carbocycles. The molecule has 1 heterocycles. The van der Waals surface area contributed by atoms with Crippen LogP contribution in [0.15, 0.2) is 18.2 Å². The molecule has 0 radical (unpaired) electrons. The molecule has 4 heteroatoms. The molecule has 1 fully saturated rings. The number of rotatable bonds is 7. The first-order valence-corrected chi connectivity index (χ1v) is 8.88. The van der Waals surface area contributed by atoms with Crippen molar-refractivity contribution in [3.8, 4) is 11.5 Å². The van der Waals surface area contributed by atoms with Crippen LogP contribution in [0.2, 0.25) is 0 Å². The van der Waals surface area contributed by atoms with Gasteiger partial charge >= 0.3 is 0 Å². The van der Waals surface area contributed by atoms with Crippen molar-refractivity contribution in [3.05, 3.63) is 23.8 Å². The van der Waals surface area contributed by atoms with E-state index in [0.717, 1.165) is 38.0 Å². The average molecular weight is 319 g/mol. The first-order valence-electron chi connectivity index (χ1n) is 8.88. The number of unbranched alkanes of at least 4 members (excludes halogenated alkanes) is 1. The fourth-order valence-electron chi connectivity index (χ4n) is 2.92. The predicted molar refractivity (Wildman–Crippen MR) is 92.4 cm³/mol. The first-order chi connectivity index (χ1) is 11.2. The Labute approximate surface area is 139 Å². The van der Waals surface area contributed by atoms with E-state index in [1.165, 1.54) is 6.42 Å². The van der Waals surface area contributed by atoms with Gasteiger partial charge in [-0.25, -0.2) is 0 Å². The van der Waals surface area contributed by atoms with Gasteiger partial charge in [-0.1, -0.05) is 13.3 Å². The summed E-state index contributed by atoms with van der Waals surface area (Å²) in [7, 11) is 0. The van der Waals surface area contributed by atoms with E-state index >= 15 is 0 Å². The third kappa shape index (κ3) is 4.63. The molecule has 128 valence electrons. The Bertz CT molecular complexity index is 515. The highest BCUT2D eigenvalue weighted by Crippen LogP contribution is 2.30. The summed E-state index contributed by atoms with van der Waals surface area (Å²) in [5.74, 6) is 1.49. The van der Waals surface area contributed by atoms with E-state index in [0.29, 0.717) is 30.6 Å². The van der Waals surface area contributed by atoms with Gasteiger partial charge in [0.05, 0.1) is 13.2 Å². The lowest BCUT2D eigenvalue weighted by Crippen LogP contribution is -2.42. The van der Waals surface area contributed by atoms with Crippen molar-refractivity contribution in [2.75, 3.05) is 19.8 Å². The Balaban J connectivity index is 2.15. The molecule has 1 aliphatic heterocycles. The molecular weight excluding hydrogens is 290 g/mol. The van der Waals surface area contributed by atoms with Crippen LogP contribution in [0.1, 0.15) is 63.2 Å². The number of piperidine rings is 1. The predicted octanol–water partition coefficient (Wildman–Crippen LogP) is 4.28. The zero-order valence-corrected chi connectivity index (χ0v) is 14.6. The normalized spacial score (nSPS) is 17.9. The summed E-state index contributed by atoms with van der Waals surface area (Å²) in [6, 6.07) is 5.86. The molecule has 1 aliphatic rings. The molecule has 1 atom stereocenters. The topological polar surface area (TPSA) is 38.8 Å². The Kier molecular flexibility index (Phi) is 6.75. The van der Waals surface area contributed by atoms with Gasteiger partial charge in [0.25, 0.3) is 5.91 Å². The molecule has 0 spiro atoms.